The molecule has 8 heteroatoms. The molecule has 1 fully saturated rings. The zero-order valence-corrected chi connectivity index (χ0v) is 11.5. The van der Waals surface area contributed by atoms with Crippen LogP contribution in [0.15, 0.2) is 24.4 Å². The van der Waals surface area contributed by atoms with Crippen LogP contribution in [-0.2, 0) is 0 Å². The highest BCUT2D eigenvalue weighted by Gasteiger charge is 2.33. The molecule has 3 rings (SSSR count). The van der Waals surface area contributed by atoms with Gasteiger partial charge in [0.25, 0.3) is 5.91 Å². The molecule has 6 nitrogen and oxygen atoms in total. The SMILES string of the molecule is Nc1ccc(C2CCCN2C(=O)c2ncc(F)cc2F)nn1. The van der Waals surface area contributed by atoms with Crippen LogP contribution in [0.2, 0.25) is 0 Å². The molecule has 1 saturated heterocycles. The Balaban J connectivity index is 1.89. The number of hydrogen-bond donors (Lipinski definition) is 1. The number of likely N-dealkylation sites (tertiary alicyclic amines) is 1. The van der Waals surface area contributed by atoms with Gasteiger partial charge in [-0.1, -0.05) is 0 Å². The Kier molecular flexibility index (Phi) is 3.66. The van der Waals surface area contributed by atoms with Crippen LogP contribution in [0.4, 0.5) is 14.6 Å². The Morgan fingerprint density at radius 1 is 1.32 bits per heavy atom. The van der Waals surface area contributed by atoms with E-state index in [0.29, 0.717) is 24.7 Å². The summed E-state index contributed by atoms with van der Waals surface area (Å²) < 4.78 is 26.7. The van der Waals surface area contributed by atoms with E-state index >= 15 is 0 Å². The molecule has 3 heterocycles. The van der Waals surface area contributed by atoms with Crippen LogP contribution < -0.4 is 5.73 Å². The molecule has 1 unspecified atom stereocenters. The second kappa shape index (κ2) is 5.63. The molecular formula is C14H13F2N5O. The molecule has 2 aromatic heterocycles. The van der Waals surface area contributed by atoms with Crippen molar-refractivity contribution in [3.8, 4) is 0 Å². The third kappa shape index (κ3) is 2.59. The number of aromatic nitrogens is 3. The molecule has 22 heavy (non-hydrogen) atoms. The summed E-state index contributed by atoms with van der Waals surface area (Å²) in [4.78, 5) is 17.5. The first-order chi connectivity index (χ1) is 10.6. The van der Waals surface area contributed by atoms with E-state index in [1.807, 2.05) is 0 Å². The highest BCUT2D eigenvalue weighted by atomic mass is 19.1. The van der Waals surface area contributed by atoms with Crippen LogP contribution in [0.5, 0.6) is 0 Å². The standard InChI is InChI=1S/C14H13F2N5O/c15-8-6-9(16)13(18-7-8)14(22)21-5-1-2-11(21)10-3-4-12(17)20-19-10/h3-4,6-7,11H,1-2,5H2,(H2,17,20). The van der Waals surface area contributed by atoms with Gasteiger partial charge in [-0.05, 0) is 25.0 Å². The summed E-state index contributed by atoms with van der Waals surface area (Å²) in [7, 11) is 0. The second-order valence-corrected chi connectivity index (χ2v) is 5.02. The largest absolute Gasteiger partial charge is 0.382 e. The van der Waals surface area contributed by atoms with Crippen LogP contribution in [0.1, 0.15) is 35.1 Å². The number of anilines is 1. The molecule has 0 aliphatic carbocycles. The molecule has 0 bridgehead atoms. The van der Waals surface area contributed by atoms with Gasteiger partial charge in [-0.3, -0.25) is 4.79 Å². The van der Waals surface area contributed by atoms with E-state index in [-0.39, 0.29) is 11.9 Å². The summed E-state index contributed by atoms with van der Waals surface area (Å²) in [6.07, 6.45) is 2.27. The maximum atomic E-state index is 13.7. The van der Waals surface area contributed by atoms with Gasteiger partial charge in [-0.25, -0.2) is 13.8 Å². The number of amides is 1. The number of nitrogens with zero attached hydrogens (tertiary/aromatic N) is 4. The number of carbonyl (C=O) groups is 1. The molecule has 1 amide bonds. The van der Waals surface area contributed by atoms with Gasteiger partial charge >= 0.3 is 0 Å². The van der Waals surface area contributed by atoms with Crippen LogP contribution in [0.25, 0.3) is 0 Å². The average Bonchev–Trinajstić information content (AvgIpc) is 2.97. The van der Waals surface area contributed by atoms with E-state index in [0.717, 1.165) is 12.6 Å². The molecular weight excluding hydrogens is 292 g/mol. The molecule has 2 aromatic rings. The quantitative estimate of drug-likeness (QED) is 0.913. The van der Waals surface area contributed by atoms with Gasteiger partial charge < -0.3 is 10.6 Å². The summed E-state index contributed by atoms with van der Waals surface area (Å²) in [6, 6.07) is 3.62. The van der Waals surface area contributed by atoms with Crippen molar-refractivity contribution in [2.75, 3.05) is 12.3 Å². The van der Waals surface area contributed by atoms with Crippen molar-refractivity contribution in [3.63, 3.8) is 0 Å². The van der Waals surface area contributed by atoms with Crippen LogP contribution in [-0.4, -0.2) is 32.5 Å². The first kappa shape index (κ1) is 14.3. The highest BCUT2D eigenvalue weighted by molar-refractivity contribution is 5.93. The van der Waals surface area contributed by atoms with Crippen LogP contribution >= 0.6 is 0 Å². The van der Waals surface area contributed by atoms with Crippen molar-refractivity contribution in [1.29, 1.82) is 0 Å². The molecule has 2 N–H and O–H groups in total. The monoisotopic (exact) mass is 305 g/mol. The second-order valence-electron chi connectivity index (χ2n) is 5.02. The third-order valence-electron chi connectivity index (χ3n) is 3.57. The molecule has 1 aliphatic rings. The Morgan fingerprint density at radius 2 is 2.14 bits per heavy atom. The Hall–Kier alpha value is -2.64. The number of rotatable bonds is 2. The summed E-state index contributed by atoms with van der Waals surface area (Å²) in [6.45, 7) is 0.452. The van der Waals surface area contributed by atoms with Crippen molar-refractivity contribution >= 4 is 11.7 Å². The van der Waals surface area contributed by atoms with Crippen molar-refractivity contribution in [2.24, 2.45) is 0 Å². The summed E-state index contributed by atoms with van der Waals surface area (Å²) in [5.74, 6) is -2.10. The number of halogens is 2. The van der Waals surface area contributed by atoms with E-state index in [1.54, 1.807) is 12.1 Å². The fourth-order valence-corrected chi connectivity index (χ4v) is 2.56. The smallest absolute Gasteiger partial charge is 0.276 e. The van der Waals surface area contributed by atoms with Gasteiger partial charge in [0.15, 0.2) is 11.5 Å². The van der Waals surface area contributed by atoms with Crippen molar-refractivity contribution in [3.05, 3.63) is 47.4 Å². The number of nitrogens with two attached hydrogens (primary N) is 1. The lowest BCUT2D eigenvalue weighted by molar-refractivity contribution is 0.0721. The van der Waals surface area contributed by atoms with Gasteiger partial charge in [0, 0.05) is 12.6 Å². The van der Waals surface area contributed by atoms with Gasteiger partial charge in [0.05, 0.1) is 17.9 Å². The molecule has 0 radical (unpaired) electrons. The Labute approximate surface area is 125 Å². The van der Waals surface area contributed by atoms with Crippen LogP contribution in [0.3, 0.4) is 0 Å². The number of carbonyl (C=O) groups excluding carboxylic acids is 1. The molecule has 1 atom stereocenters. The first-order valence-electron chi connectivity index (χ1n) is 6.77. The molecule has 0 aromatic carbocycles. The topological polar surface area (TPSA) is 85.0 Å². The van der Waals surface area contributed by atoms with Gasteiger partial charge in [0.2, 0.25) is 0 Å². The normalized spacial score (nSPS) is 17.7. The molecule has 114 valence electrons. The van der Waals surface area contributed by atoms with E-state index in [2.05, 4.69) is 15.2 Å². The average molecular weight is 305 g/mol. The molecule has 0 spiro atoms. The Morgan fingerprint density at radius 3 is 2.82 bits per heavy atom. The lowest BCUT2D eigenvalue weighted by Crippen LogP contribution is -2.32. The molecule has 0 saturated carbocycles. The predicted octanol–water partition coefficient (Wildman–Crippen LogP) is 1.71. The minimum absolute atomic E-state index is 0.283. The first-order valence-corrected chi connectivity index (χ1v) is 6.77. The van der Waals surface area contributed by atoms with Crippen LogP contribution in [0, 0.1) is 11.6 Å². The van der Waals surface area contributed by atoms with Gasteiger partial charge in [0.1, 0.15) is 11.6 Å². The zero-order valence-electron chi connectivity index (χ0n) is 11.5. The summed E-state index contributed by atoms with van der Waals surface area (Å²) in [5.41, 5.74) is 5.69. The highest BCUT2D eigenvalue weighted by Crippen LogP contribution is 2.32. The number of pyridine rings is 1. The minimum Gasteiger partial charge on any atom is -0.382 e. The fourth-order valence-electron chi connectivity index (χ4n) is 2.56. The summed E-state index contributed by atoms with van der Waals surface area (Å²) in [5, 5.41) is 7.75. The van der Waals surface area contributed by atoms with Crippen molar-refractivity contribution < 1.29 is 13.6 Å². The zero-order chi connectivity index (χ0) is 15.7. The fraction of sp³-hybridized carbons (Fsp3) is 0.286. The summed E-state index contributed by atoms with van der Waals surface area (Å²) >= 11 is 0. The number of nitrogen functional groups attached to an aromatic ring is 1. The predicted molar refractivity (Wildman–Crippen MR) is 73.6 cm³/mol. The maximum absolute atomic E-state index is 13.7. The van der Waals surface area contributed by atoms with E-state index < -0.39 is 23.2 Å². The van der Waals surface area contributed by atoms with E-state index in [4.69, 9.17) is 5.73 Å². The van der Waals surface area contributed by atoms with Gasteiger partial charge in [-0.2, -0.15) is 5.10 Å². The lowest BCUT2D eigenvalue weighted by atomic mass is 10.1. The third-order valence-corrected chi connectivity index (χ3v) is 3.57. The van der Waals surface area contributed by atoms with E-state index in [9.17, 15) is 13.6 Å². The lowest BCUT2D eigenvalue weighted by Gasteiger charge is -2.23. The van der Waals surface area contributed by atoms with Gasteiger partial charge in [-0.15, -0.1) is 5.10 Å². The molecule has 1 aliphatic heterocycles. The maximum Gasteiger partial charge on any atom is 0.276 e. The minimum atomic E-state index is -0.973. The van der Waals surface area contributed by atoms with Crippen molar-refractivity contribution in [2.45, 2.75) is 18.9 Å². The van der Waals surface area contributed by atoms with E-state index in [1.165, 1.54) is 4.90 Å². The number of hydrogen-bond acceptors (Lipinski definition) is 5. The Bertz CT molecular complexity index is 707. The van der Waals surface area contributed by atoms with Crippen molar-refractivity contribution in [1.82, 2.24) is 20.1 Å².